The molecule has 3 amide bonds. The molecule has 0 bridgehead atoms. The predicted octanol–water partition coefficient (Wildman–Crippen LogP) is 1.86. The Morgan fingerprint density at radius 1 is 1.33 bits per heavy atom. The number of furan rings is 1. The van der Waals surface area contributed by atoms with Crippen molar-refractivity contribution in [3.63, 3.8) is 0 Å². The van der Waals surface area contributed by atoms with Crippen LogP contribution in [0.4, 0.5) is 10.1 Å². The molecule has 1 aromatic carbocycles. The Balaban J connectivity index is 1.52. The molecule has 1 aliphatic heterocycles. The van der Waals surface area contributed by atoms with Gasteiger partial charge >= 0.3 is 0 Å². The number of anilines is 1. The van der Waals surface area contributed by atoms with Gasteiger partial charge in [0.1, 0.15) is 11.6 Å². The van der Waals surface area contributed by atoms with Crippen molar-refractivity contribution in [3.05, 3.63) is 54.2 Å². The summed E-state index contributed by atoms with van der Waals surface area (Å²) in [5.74, 6) is -1.15. The van der Waals surface area contributed by atoms with Gasteiger partial charge in [0.25, 0.3) is 0 Å². The molecule has 1 aromatic heterocycles. The van der Waals surface area contributed by atoms with Gasteiger partial charge in [0, 0.05) is 25.7 Å². The lowest BCUT2D eigenvalue weighted by Crippen LogP contribution is -2.39. The Kier molecular flexibility index (Phi) is 5.54. The van der Waals surface area contributed by atoms with Crippen molar-refractivity contribution in [1.82, 2.24) is 9.80 Å². The Morgan fingerprint density at radius 2 is 2.15 bits per heavy atom. The summed E-state index contributed by atoms with van der Waals surface area (Å²) < 4.78 is 18.4. The summed E-state index contributed by atoms with van der Waals surface area (Å²) in [7, 11) is 1.51. The lowest BCUT2D eigenvalue weighted by molar-refractivity contribution is -0.137. The molecule has 1 aliphatic rings. The van der Waals surface area contributed by atoms with Gasteiger partial charge < -0.3 is 19.5 Å². The molecular weight excluding hydrogens is 353 g/mol. The molecule has 2 heterocycles. The third-order valence-corrected chi connectivity index (χ3v) is 4.36. The van der Waals surface area contributed by atoms with Crippen LogP contribution in [0.5, 0.6) is 0 Å². The maximum absolute atomic E-state index is 13.2. The van der Waals surface area contributed by atoms with E-state index in [1.54, 1.807) is 23.1 Å². The number of likely N-dealkylation sites (tertiary alicyclic amines) is 1. The molecule has 0 radical (unpaired) electrons. The molecule has 0 spiro atoms. The van der Waals surface area contributed by atoms with Gasteiger partial charge in [-0.25, -0.2) is 4.39 Å². The maximum atomic E-state index is 13.2. The Labute approximate surface area is 155 Å². The van der Waals surface area contributed by atoms with Crippen LogP contribution < -0.4 is 5.32 Å². The normalized spacial score (nSPS) is 16.4. The van der Waals surface area contributed by atoms with Crippen molar-refractivity contribution in [2.45, 2.75) is 13.0 Å². The van der Waals surface area contributed by atoms with Crippen LogP contribution in [-0.2, 0) is 20.9 Å². The van der Waals surface area contributed by atoms with E-state index >= 15 is 0 Å². The first-order chi connectivity index (χ1) is 12.9. The molecule has 1 N–H and O–H groups in total. The van der Waals surface area contributed by atoms with Crippen LogP contribution in [0.2, 0.25) is 0 Å². The molecule has 0 saturated carbocycles. The second kappa shape index (κ2) is 8.03. The highest BCUT2D eigenvalue weighted by Gasteiger charge is 2.36. The Morgan fingerprint density at radius 3 is 2.85 bits per heavy atom. The summed E-state index contributed by atoms with van der Waals surface area (Å²) >= 11 is 0. The van der Waals surface area contributed by atoms with Gasteiger partial charge in [-0.1, -0.05) is 6.07 Å². The molecule has 0 unspecified atom stereocenters. The molecule has 3 rings (SSSR count). The lowest BCUT2D eigenvalue weighted by atomic mass is 10.1. The molecule has 8 heteroatoms. The molecule has 1 saturated heterocycles. The van der Waals surface area contributed by atoms with E-state index in [1.165, 1.54) is 36.4 Å². The molecule has 1 fully saturated rings. The standard InChI is InChI=1S/C19H20FN3O4/c1-22(12-17(24)21-15-5-2-4-14(20)9-15)19(26)13-8-18(25)23(10-13)11-16-6-3-7-27-16/h2-7,9,13H,8,10-12H2,1H3,(H,21,24)/t13-/m0/s1. The summed E-state index contributed by atoms with van der Waals surface area (Å²) in [6.45, 7) is 0.422. The number of hydrogen-bond acceptors (Lipinski definition) is 4. The summed E-state index contributed by atoms with van der Waals surface area (Å²) in [5.41, 5.74) is 0.321. The number of nitrogens with one attached hydrogen (secondary N) is 1. The number of hydrogen-bond donors (Lipinski definition) is 1. The first-order valence-electron chi connectivity index (χ1n) is 8.53. The number of benzene rings is 1. The van der Waals surface area contributed by atoms with Crippen LogP contribution in [-0.4, -0.2) is 47.7 Å². The third-order valence-electron chi connectivity index (χ3n) is 4.36. The zero-order valence-corrected chi connectivity index (χ0v) is 14.9. The topological polar surface area (TPSA) is 82.9 Å². The first kappa shape index (κ1) is 18.6. The number of likely N-dealkylation sites (N-methyl/N-ethyl adjacent to an activating group) is 1. The monoisotopic (exact) mass is 373 g/mol. The van der Waals surface area contributed by atoms with Crippen molar-refractivity contribution >= 4 is 23.4 Å². The highest BCUT2D eigenvalue weighted by atomic mass is 19.1. The summed E-state index contributed by atoms with van der Waals surface area (Å²) in [5, 5.41) is 2.54. The quantitative estimate of drug-likeness (QED) is 0.838. The fourth-order valence-corrected chi connectivity index (χ4v) is 3.05. The van der Waals surface area contributed by atoms with Crippen LogP contribution in [0.15, 0.2) is 47.1 Å². The molecule has 1 atom stereocenters. The van der Waals surface area contributed by atoms with Crippen molar-refractivity contribution in [2.75, 3.05) is 25.5 Å². The van der Waals surface area contributed by atoms with E-state index < -0.39 is 17.6 Å². The van der Waals surface area contributed by atoms with Gasteiger partial charge in [-0.05, 0) is 30.3 Å². The number of halogens is 1. The fourth-order valence-electron chi connectivity index (χ4n) is 3.05. The van der Waals surface area contributed by atoms with E-state index in [2.05, 4.69) is 5.32 Å². The zero-order valence-electron chi connectivity index (χ0n) is 14.9. The number of nitrogens with zero attached hydrogens (tertiary/aromatic N) is 2. The van der Waals surface area contributed by atoms with E-state index in [0.29, 0.717) is 18.0 Å². The molecule has 2 aromatic rings. The van der Waals surface area contributed by atoms with Crippen LogP contribution in [0.3, 0.4) is 0 Å². The van der Waals surface area contributed by atoms with Gasteiger partial charge in [0.2, 0.25) is 17.7 Å². The Hall–Kier alpha value is -3.16. The van der Waals surface area contributed by atoms with E-state index in [0.717, 1.165) is 0 Å². The highest BCUT2D eigenvalue weighted by Crippen LogP contribution is 2.22. The molecule has 142 valence electrons. The Bertz CT molecular complexity index is 837. The van der Waals surface area contributed by atoms with Crippen molar-refractivity contribution in [3.8, 4) is 0 Å². The summed E-state index contributed by atoms with van der Waals surface area (Å²) in [4.78, 5) is 39.6. The first-order valence-corrected chi connectivity index (χ1v) is 8.53. The fraction of sp³-hybridized carbons (Fsp3) is 0.316. The minimum Gasteiger partial charge on any atom is -0.467 e. The average Bonchev–Trinajstić information content (AvgIpc) is 3.24. The predicted molar refractivity (Wildman–Crippen MR) is 94.9 cm³/mol. The second-order valence-corrected chi connectivity index (χ2v) is 6.51. The molecule has 0 aliphatic carbocycles. The lowest BCUT2D eigenvalue weighted by Gasteiger charge is -2.21. The van der Waals surface area contributed by atoms with E-state index in [1.807, 2.05) is 0 Å². The SMILES string of the molecule is CN(CC(=O)Nc1cccc(F)c1)C(=O)[C@H]1CC(=O)N(Cc2ccco2)C1. The van der Waals surface area contributed by atoms with Crippen LogP contribution in [0.1, 0.15) is 12.2 Å². The van der Waals surface area contributed by atoms with Crippen molar-refractivity contribution in [1.29, 1.82) is 0 Å². The largest absolute Gasteiger partial charge is 0.467 e. The second-order valence-electron chi connectivity index (χ2n) is 6.51. The smallest absolute Gasteiger partial charge is 0.243 e. The van der Waals surface area contributed by atoms with E-state index in [9.17, 15) is 18.8 Å². The number of amides is 3. The van der Waals surface area contributed by atoms with Crippen molar-refractivity contribution < 1.29 is 23.2 Å². The molecular formula is C19H20FN3O4. The number of carbonyl (C=O) groups excluding carboxylic acids is 3. The van der Waals surface area contributed by atoms with Crippen LogP contribution in [0.25, 0.3) is 0 Å². The van der Waals surface area contributed by atoms with Gasteiger partial charge in [0.15, 0.2) is 0 Å². The van der Waals surface area contributed by atoms with Crippen LogP contribution in [0, 0.1) is 11.7 Å². The van der Waals surface area contributed by atoms with Gasteiger partial charge in [0.05, 0.1) is 25.3 Å². The highest BCUT2D eigenvalue weighted by molar-refractivity contribution is 5.96. The third kappa shape index (κ3) is 4.72. The van der Waals surface area contributed by atoms with Gasteiger partial charge in [-0.15, -0.1) is 0 Å². The van der Waals surface area contributed by atoms with Gasteiger partial charge in [-0.2, -0.15) is 0 Å². The number of rotatable bonds is 6. The molecule has 7 nitrogen and oxygen atoms in total. The minimum absolute atomic E-state index is 0.107. The molecule has 27 heavy (non-hydrogen) atoms. The maximum Gasteiger partial charge on any atom is 0.243 e. The van der Waals surface area contributed by atoms with E-state index in [-0.39, 0.29) is 31.3 Å². The van der Waals surface area contributed by atoms with Crippen LogP contribution >= 0.6 is 0 Å². The summed E-state index contributed by atoms with van der Waals surface area (Å²) in [6, 6.07) is 9.02. The number of carbonyl (C=O) groups is 3. The minimum atomic E-state index is -0.501. The van der Waals surface area contributed by atoms with Crippen molar-refractivity contribution in [2.24, 2.45) is 5.92 Å². The zero-order chi connectivity index (χ0) is 19.4. The summed E-state index contributed by atoms with van der Waals surface area (Å²) in [6.07, 6.45) is 1.64. The average molecular weight is 373 g/mol. The van der Waals surface area contributed by atoms with Gasteiger partial charge in [-0.3, -0.25) is 14.4 Å². The van der Waals surface area contributed by atoms with E-state index in [4.69, 9.17) is 4.42 Å².